The van der Waals surface area contributed by atoms with Gasteiger partial charge in [-0.2, -0.15) is 8.78 Å². The van der Waals surface area contributed by atoms with Gasteiger partial charge >= 0.3 is 6.43 Å². The zero-order valence-corrected chi connectivity index (χ0v) is 22.4. The van der Waals surface area contributed by atoms with Gasteiger partial charge in [0.25, 0.3) is 11.8 Å². The number of piperazine rings is 1. The van der Waals surface area contributed by atoms with Gasteiger partial charge in [0.1, 0.15) is 0 Å². The SMILES string of the molecule is CCN1CCN(c2ccc3c(c2)C(CC)(CC)C(=O)N(Cc2ccc(-c4nnc(C(F)F)o4)cn2)C3=O)CC1. The summed E-state index contributed by atoms with van der Waals surface area (Å²) in [5.41, 5.74) is 2.39. The predicted molar refractivity (Wildman–Crippen MR) is 140 cm³/mol. The summed E-state index contributed by atoms with van der Waals surface area (Å²) in [7, 11) is 0. The monoisotopic (exact) mass is 538 g/mol. The van der Waals surface area contributed by atoms with Crippen molar-refractivity contribution >= 4 is 17.5 Å². The third-order valence-corrected chi connectivity index (χ3v) is 8.06. The first kappa shape index (κ1) is 26.9. The molecule has 39 heavy (non-hydrogen) atoms. The third kappa shape index (κ3) is 4.80. The number of pyridine rings is 1. The molecule has 0 aliphatic carbocycles. The Hall–Kier alpha value is -3.73. The van der Waals surface area contributed by atoms with Crippen LogP contribution in [-0.4, -0.2) is 69.5 Å². The van der Waals surface area contributed by atoms with E-state index in [2.05, 4.69) is 31.9 Å². The number of fused-ring (bicyclic) bond motifs is 1. The van der Waals surface area contributed by atoms with Gasteiger partial charge in [-0.1, -0.05) is 20.8 Å². The Morgan fingerprint density at radius 2 is 1.74 bits per heavy atom. The summed E-state index contributed by atoms with van der Waals surface area (Å²) >= 11 is 0. The molecule has 0 spiro atoms. The van der Waals surface area contributed by atoms with Crippen molar-refractivity contribution in [2.45, 2.75) is 52.0 Å². The smallest absolute Gasteiger partial charge is 0.314 e. The molecule has 2 aliphatic heterocycles. The maximum atomic E-state index is 14.0. The highest BCUT2D eigenvalue weighted by Crippen LogP contribution is 2.42. The summed E-state index contributed by atoms with van der Waals surface area (Å²) in [5.74, 6) is -1.42. The van der Waals surface area contributed by atoms with Gasteiger partial charge in [-0.25, -0.2) is 0 Å². The summed E-state index contributed by atoms with van der Waals surface area (Å²) in [4.78, 5) is 37.9. The molecule has 0 bridgehead atoms. The van der Waals surface area contributed by atoms with E-state index in [1.807, 2.05) is 32.0 Å². The number of halogens is 2. The fourth-order valence-corrected chi connectivity index (χ4v) is 5.57. The number of alkyl halides is 2. The number of likely N-dealkylation sites (N-methyl/N-ethyl adjacent to an activating group) is 1. The topological polar surface area (TPSA) is 95.7 Å². The van der Waals surface area contributed by atoms with E-state index in [1.165, 1.54) is 11.1 Å². The van der Waals surface area contributed by atoms with E-state index < -0.39 is 17.7 Å². The fourth-order valence-electron chi connectivity index (χ4n) is 5.57. The zero-order chi connectivity index (χ0) is 27.7. The van der Waals surface area contributed by atoms with E-state index in [0.717, 1.165) is 44.0 Å². The van der Waals surface area contributed by atoms with Crippen LogP contribution in [0.4, 0.5) is 14.5 Å². The Morgan fingerprint density at radius 1 is 1.00 bits per heavy atom. The number of hydrogen-bond donors (Lipinski definition) is 0. The minimum atomic E-state index is -2.86. The highest BCUT2D eigenvalue weighted by molar-refractivity contribution is 6.13. The molecule has 2 aromatic heterocycles. The lowest BCUT2D eigenvalue weighted by Crippen LogP contribution is -2.53. The van der Waals surface area contributed by atoms with Crippen molar-refractivity contribution in [2.24, 2.45) is 0 Å². The number of benzene rings is 1. The van der Waals surface area contributed by atoms with Crippen molar-refractivity contribution in [2.75, 3.05) is 37.6 Å². The number of rotatable bonds is 8. The maximum absolute atomic E-state index is 14.0. The summed E-state index contributed by atoms with van der Waals surface area (Å²) in [6, 6.07) is 9.09. The number of carbonyl (C=O) groups excluding carboxylic acids is 2. The van der Waals surface area contributed by atoms with Crippen LogP contribution in [0.5, 0.6) is 0 Å². The second-order valence-corrected chi connectivity index (χ2v) is 9.92. The van der Waals surface area contributed by atoms with Crippen LogP contribution in [0.2, 0.25) is 0 Å². The summed E-state index contributed by atoms with van der Waals surface area (Å²) in [6.07, 6.45) is -0.343. The number of nitrogens with zero attached hydrogens (tertiary/aromatic N) is 6. The van der Waals surface area contributed by atoms with Crippen LogP contribution in [0, 0.1) is 0 Å². The van der Waals surface area contributed by atoms with Crippen LogP contribution in [0.15, 0.2) is 40.9 Å². The van der Waals surface area contributed by atoms with Crippen molar-refractivity contribution in [1.82, 2.24) is 25.0 Å². The minimum Gasteiger partial charge on any atom is -0.415 e. The molecule has 1 saturated heterocycles. The molecule has 1 fully saturated rings. The lowest BCUT2D eigenvalue weighted by molar-refractivity contribution is -0.136. The molecular formula is C28H32F2N6O3. The molecule has 5 rings (SSSR count). The predicted octanol–water partition coefficient (Wildman–Crippen LogP) is 4.45. The fraction of sp³-hybridized carbons (Fsp3) is 0.464. The first-order valence-electron chi connectivity index (χ1n) is 13.4. The number of amides is 2. The average molecular weight is 539 g/mol. The molecule has 0 saturated carbocycles. The first-order valence-corrected chi connectivity index (χ1v) is 13.4. The van der Waals surface area contributed by atoms with E-state index in [4.69, 9.17) is 4.42 Å². The molecule has 206 valence electrons. The van der Waals surface area contributed by atoms with Crippen LogP contribution >= 0.6 is 0 Å². The third-order valence-electron chi connectivity index (χ3n) is 8.06. The molecule has 0 atom stereocenters. The summed E-state index contributed by atoms with van der Waals surface area (Å²) in [5, 5.41) is 6.96. The van der Waals surface area contributed by atoms with Gasteiger partial charge in [0, 0.05) is 43.6 Å². The standard InChI is InChI=1S/C28H32F2N6O3/c1-4-28(5-2)22-15-20(35-13-11-34(6-3)12-14-35)9-10-21(22)26(37)36(27(28)38)17-19-8-7-18(16-31-19)24-32-33-25(39-24)23(29)30/h7-10,15-16,23H,4-6,11-14,17H2,1-3H3. The Balaban J connectivity index is 1.41. The highest BCUT2D eigenvalue weighted by Gasteiger charge is 2.48. The lowest BCUT2D eigenvalue weighted by atomic mass is 9.70. The van der Waals surface area contributed by atoms with E-state index in [9.17, 15) is 18.4 Å². The second-order valence-electron chi connectivity index (χ2n) is 9.92. The molecule has 3 aromatic rings. The quantitative estimate of drug-likeness (QED) is 0.388. The lowest BCUT2D eigenvalue weighted by Gasteiger charge is -2.42. The molecule has 0 radical (unpaired) electrons. The molecule has 4 heterocycles. The Kier molecular flexibility index (Phi) is 7.44. The van der Waals surface area contributed by atoms with Gasteiger partial charge < -0.3 is 14.2 Å². The van der Waals surface area contributed by atoms with Gasteiger partial charge in [0.15, 0.2) is 0 Å². The van der Waals surface area contributed by atoms with Crippen LogP contribution in [-0.2, 0) is 16.8 Å². The maximum Gasteiger partial charge on any atom is 0.314 e. The van der Waals surface area contributed by atoms with Gasteiger partial charge in [-0.05, 0) is 55.3 Å². The van der Waals surface area contributed by atoms with E-state index in [1.54, 1.807) is 12.1 Å². The number of hydrogen-bond acceptors (Lipinski definition) is 8. The first-order chi connectivity index (χ1) is 18.8. The zero-order valence-electron chi connectivity index (χ0n) is 22.4. The Morgan fingerprint density at radius 3 is 2.33 bits per heavy atom. The average Bonchev–Trinajstić information content (AvgIpc) is 3.47. The highest BCUT2D eigenvalue weighted by atomic mass is 19.3. The van der Waals surface area contributed by atoms with Crippen molar-refractivity contribution in [3.63, 3.8) is 0 Å². The largest absolute Gasteiger partial charge is 0.415 e. The Bertz CT molecular complexity index is 1350. The summed E-state index contributed by atoms with van der Waals surface area (Å²) in [6.45, 7) is 10.9. The number of aromatic nitrogens is 3. The van der Waals surface area contributed by atoms with E-state index >= 15 is 0 Å². The molecule has 9 nitrogen and oxygen atoms in total. The number of anilines is 1. The van der Waals surface area contributed by atoms with Crippen molar-refractivity contribution in [3.05, 3.63) is 59.2 Å². The molecule has 0 unspecified atom stereocenters. The van der Waals surface area contributed by atoms with Crippen LogP contribution < -0.4 is 4.90 Å². The summed E-state index contributed by atoms with van der Waals surface area (Å²) < 4.78 is 30.5. The van der Waals surface area contributed by atoms with Gasteiger partial charge in [0.05, 0.1) is 23.2 Å². The molecule has 2 amide bonds. The number of imide groups is 1. The molecule has 2 aliphatic rings. The van der Waals surface area contributed by atoms with E-state index in [-0.39, 0.29) is 24.2 Å². The van der Waals surface area contributed by atoms with Crippen LogP contribution in [0.3, 0.4) is 0 Å². The van der Waals surface area contributed by atoms with Crippen LogP contribution in [0.1, 0.15) is 67.5 Å². The minimum absolute atomic E-state index is 0.00795. The molecule has 0 N–H and O–H groups in total. The normalized spacial score (nSPS) is 17.7. The van der Waals surface area contributed by atoms with Gasteiger partial charge in [-0.15, -0.1) is 10.2 Å². The van der Waals surface area contributed by atoms with Crippen molar-refractivity contribution in [1.29, 1.82) is 0 Å². The van der Waals surface area contributed by atoms with Crippen molar-refractivity contribution in [3.8, 4) is 11.5 Å². The molecular weight excluding hydrogens is 506 g/mol. The van der Waals surface area contributed by atoms with Crippen LogP contribution in [0.25, 0.3) is 11.5 Å². The number of carbonyl (C=O) groups is 2. The Labute approximate surface area is 225 Å². The van der Waals surface area contributed by atoms with Gasteiger partial charge in [-0.3, -0.25) is 19.5 Å². The molecule has 11 heteroatoms. The molecule has 1 aromatic carbocycles. The van der Waals surface area contributed by atoms with Gasteiger partial charge in [0.2, 0.25) is 11.8 Å². The van der Waals surface area contributed by atoms with E-state index in [0.29, 0.717) is 29.7 Å². The second kappa shape index (κ2) is 10.8. The van der Waals surface area contributed by atoms with Crippen molar-refractivity contribution < 1.29 is 22.8 Å².